The Kier molecular flexibility index (Phi) is 3.04. The van der Waals surface area contributed by atoms with Crippen molar-refractivity contribution in [3.8, 4) is 0 Å². The van der Waals surface area contributed by atoms with Gasteiger partial charge in [0.25, 0.3) is 6.43 Å². The number of alkyl halides is 2. The Bertz CT molecular complexity index is 235. The molecule has 0 atom stereocenters. The highest BCUT2D eigenvalue weighted by Gasteiger charge is 2.07. The molecular formula is C7H9F2N3. The van der Waals surface area contributed by atoms with Gasteiger partial charge in [-0.1, -0.05) is 0 Å². The van der Waals surface area contributed by atoms with E-state index in [0.717, 1.165) is 6.20 Å². The molecule has 12 heavy (non-hydrogen) atoms. The van der Waals surface area contributed by atoms with Gasteiger partial charge < -0.3 is 5.32 Å². The first-order valence-corrected chi connectivity index (χ1v) is 3.47. The first-order valence-electron chi connectivity index (χ1n) is 3.47. The summed E-state index contributed by atoms with van der Waals surface area (Å²) in [6, 6.07) is 0. The van der Waals surface area contributed by atoms with E-state index in [1.165, 1.54) is 6.20 Å². The van der Waals surface area contributed by atoms with Crippen molar-refractivity contribution in [3.63, 3.8) is 0 Å². The van der Waals surface area contributed by atoms with Crippen molar-refractivity contribution in [2.45, 2.75) is 13.0 Å². The van der Waals surface area contributed by atoms with Crippen molar-refractivity contribution in [1.29, 1.82) is 0 Å². The first kappa shape index (κ1) is 8.99. The highest BCUT2D eigenvalue weighted by molar-refractivity contribution is 5.02. The number of halogens is 2. The third kappa shape index (κ3) is 2.20. The van der Waals surface area contributed by atoms with Crippen molar-refractivity contribution in [2.75, 3.05) is 7.05 Å². The minimum atomic E-state index is -2.54. The molecule has 0 aliphatic heterocycles. The maximum Gasteiger partial charge on any atom is 0.281 e. The molecule has 1 aromatic rings. The van der Waals surface area contributed by atoms with Crippen LogP contribution < -0.4 is 5.32 Å². The van der Waals surface area contributed by atoms with Crippen LogP contribution in [0.2, 0.25) is 0 Å². The van der Waals surface area contributed by atoms with E-state index in [9.17, 15) is 8.78 Å². The SMILES string of the molecule is CNCc1cnc(C(F)F)cn1. The van der Waals surface area contributed by atoms with Crippen LogP contribution in [0.3, 0.4) is 0 Å². The second-order valence-electron chi connectivity index (χ2n) is 2.26. The van der Waals surface area contributed by atoms with Gasteiger partial charge >= 0.3 is 0 Å². The monoisotopic (exact) mass is 173 g/mol. The van der Waals surface area contributed by atoms with Crippen LogP contribution in [0.4, 0.5) is 8.78 Å². The molecular weight excluding hydrogens is 164 g/mol. The van der Waals surface area contributed by atoms with Gasteiger partial charge in [0.1, 0.15) is 5.69 Å². The van der Waals surface area contributed by atoms with Crippen molar-refractivity contribution in [3.05, 3.63) is 23.8 Å². The largest absolute Gasteiger partial charge is 0.314 e. The molecule has 66 valence electrons. The van der Waals surface area contributed by atoms with E-state index in [4.69, 9.17) is 0 Å². The van der Waals surface area contributed by atoms with E-state index in [0.29, 0.717) is 12.2 Å². The Morgan fingerprint density at radius 3 is 2.58 bits per heavy atom. The molecule has 0 radical (unpaired) electrons. The molecule has 0 fully saturated rings. The van der Waals surface area contributed by atoms with Gasteiger partial charge in [-0.25, -0.2) is 8.78 Å². The standard InChI is InChI=1S/C7H9F2N3/c1-10-2-5-3-12-6(4-11-5)7(8)9/h3-4,7,10H,2H2,1H3. The van der Waals surface area contributed by atoms with Gasteiger partial charge in [0.2, 0.25) is 0 Å². The van der Waals surface area contributed by atoms with Crippen molar-refractivity contribution < 1.29 is 8.78 Å². The summed E-state index contributed by atoms with van der Waals surface area (Å²) in [7, 11) is 1.75. The summed E-state index contributed by atoms with van der Waals surface area (Å²) < 4.78 is 23.9. The van der Waals surface area contributed by atoms with Gasteiger partial charge in [-0.15, -0.1) is 0 Å². The zero-order chi connectivity index (χ0) is 8.97. The summed E-state index contributed by atoms with van der Waals surface area (Å²) in [6.07, 6.45) is -0.101. The van der Waals surface area contributed by atoms with Gasteiger partial charge in [-0.2, -0.15) is 0 Å². The summed E-state index contributed by atoms with van der Waals surface area (Å²) in [6.45, 7) is 0.538. The predicted molar refractivity (Wildman–Crippen MR) is 39.8 cm³/mol. The Morgan fingerprint density at radius 2 is 2.17 bits per heavy atom. The lowest BCUT2D eigenvalue weighted by Crippen LogP contribution is -2.07. The molecule has 0 amide bonds. The summed E-state index contributed by atoms with van der Waals surface area (Å²) >= 11 is 0. The van der Waals surface area contributed by atoms with Gasteiger partial charge in [-0.05, 0) is 7.05 Å². The van der Waals surface area contributed by atoms with Crippen LogP contribution in [-0.2, 0) is 6.54 Å². The van der Waals surface area contributed by atoms with E-state index >= 15 is 0 Å². The summed E-state index contributed by atoms with van der Waals surface area (Å²) in [5, 5.41) is 2.84. The maximum absolute atomic E-state index is 12.0. The van der Waals surface area contributed by atoms with Crippen molar-refractivity contribution >= 4 is 0 Å². The summed E-state index contributed by atoms with van der Waals surface area (Å²) in [4.78, 5) is 7.33. The highest BCUT2D eigenvalue weighted by atomic mass is 19.3. The van der Waals surface area contributed by atoms with Gasteiger partial charge in [0, 0.05) is 6.54 Å². The Morgan fingerprint density at radius 1 is 1.42 bits per heavy atom. The third-order valence-electron chi connectivity index (χ3n) is 1.31. The van der Waals surface area contributed by atoms with Gasteiger partial charge in [0.05, 0.1) is 18.1 Å². The fourth-order valence-electron chi connectivity index (χ4n) is 0.750. The van der Waals surface area contributed by atoms with Crippen LogP contribution in [0.15, 0.2) is 12.4 Å². The molecule has 0 spiro atoms. The summed E-state index contributed by atoms with van der Waals surface area (Å²) in [5.74, 6) is 0. The molecule has 0 bridgehead atoms. The molecule has 1 aromatic heterocycles. The van der Waals surface area contributed by atoms with Crippen LogP contribution in [0.1, 0.15) is 17.8 Å². The van der Waals surface area contributed by atoms with Crippen LogP contribution >= 0.6 is 0 Å². The second-order valence-corrected chi connectivity index (χ2v) is 2.26. The smallest absolute Gasteiger partial charge is 0.281 e. The minimum Gasteiger partial charge on any atom is -0.314 e. The van der Waals surface area contributed by atoms with E-state index in [1.54, 1.807) is 7.05 Å². The first-order chi connectivity index (χ1) is 5.74. The molecule has 0 aromatic carbocycles. The Hall–Kier alpha value is -1.10. The van der Waals surface area contributed by atoms with E-state index in [1.807, 2.05) is 0 Å². The normalized spacial score (nSPS) is 10.7. The van der Waals surface area contributed by atoms with Gasteiger partial charge in [0.15, 0.2) is 0 Å². The number of aromatic nitrogens is 2. The molecule has 5 heteroatoms. The van der Waals surface area contributed by atoms with Crippen molar-refractivity contribution in [2.24, 2.45) is 0 Å². The predicted octanol–water partition coefficient (Wildman–Crippen LogP) is 1.13. The zero-order valence-electron chi connectivity index (χ0n) is 6.59. The molecule has 0 aliphatic rings. The lowest BCUT2D eigenvalue weighted by atomic mass is 10.4. The average Bonchev–Trinajstić information content (AvgIpc) is 2.06. The maximum atomic E-state index is 12.0. The van der Waals surface area contributed by atoms with E-state index in [-0.39, 0.29) is 5.69 Å². The van der Waals surface area contributed by atoms with Crippen LogP contribution in [0.25, 0.3) is 0 Å². The lowest BCUT2D eigenvalue weighted by Gasteiger charge is -2.00. The number of nitrogens with one attached hydrogen (secondary N) is 1. The van der Waals surface area contributed by atoms with Crippen LogP contribution in [0, 0.1) is 0 Å². The van der Waals surface area contributed by atoms with Crippen LogP contribution in [-0.4, -0.2) is 17.0 Å². The van der Waals surface area contributed by atoms with Crippen molar-refractivity contribution in [1.82, 2.24) is 15.3 Å². The third-order valence-corrected chi connectivity index (χ3v) is 1.31. The fraction of sp³-hybridized carbons (Fsp3) is 0.429. The topological polar surface area (TPSA) is 37.8 Å². The highest BCUT2D eigenvalue weighted by Crippen LogP contribution is 2.13. The minimum absolute atomic E-state index is 0.283. The van der Waals surface area contributed by atoms with E-state index < -0.39 is 6.43 Å². The lowest BCUT2D eigenvalue weighted by molar-refractivity contribution is 0.145. The molecule has 3 nitrogen and oxygen atoms in total. The number of nitrogens with zero attached hydrogens (tertiary/aromatic N) is 2. The molecule has 1 heterocycles. The molecule has 0 saturated carbocycles. The average molecular weight is 173 g/mol. The fourth-order valence-corrected chi connectivity index (χ4v) is 0.750. The molecule has 0 saturated heterocycles. The molecule has 0 unspecified atom stereocenters. The number of rotatable bonds is 3. The van der Waals surface area contributed by atoms with E-state index in [2.05, 4.69) is 15.3 Å². The van der Waals surface area contributed by atoms with Gasteiger partial charge in [-0.3, -0.25) is 9.97 Å². The molecule has 0 aliphatic carbocycles. The quantitative estimate of drug-likeness (QED) is 0.744. The molecule has 1 N–H and O–H groups in total. The number of hydrogen-bond donors (Lipinski definition) is 1. The number of hydrogen-bond acceptors (Lipinski definition) is 3. The zero-order valence-corrected chi connectivity index (χ0v) is 6.59. The molecule has 1 rings (SSSR count). The Balaban J connectivity index is 2.71. The summed E-state index contributed by atoms with van der Waals surface area (Å²) in [5.41, 5.74) is 0.372. The second kappa shape index (κ2) is 4.06. The van der Waals surface area contributed by atoms with Crippen LogP contribution in [0.5, 0.6) is 0 Å². The Labute approximate surface area is 68.8 Å².